The van der Waals surface area contributed by atoms with Crippen LogP contribution in [0.1, 0.15) is 43.2 Å². The quantitative estimate of drug-likeness (QED) is 0.793. The van der Waals surface area contributed by atoms with Gasteiger partial charge in [0, 0.05) is 10.6 Å². The molecule has 0 saturated heterocycles. The van der Waals surface area contributed by atoms with E-state index in [4.69, 9.17) is 17.3 Å². The standard InChI is InChI=1S/C13H17ClFN/c1-9-11(7-10(15)8-12(9)14)13(16)5-3-2-4-6-13/h7-8H,2-6,16H2,1H3. The lowest BCUT2D eigenvalue weighted by molar-refractivity contribution is 0.300. The predicted octanol–water partition coefficient (Wildman–Crippen LogP) is 3.91. The second-order valence-electron chi connectivity index (χ2n) is 4.78. The molecule has 0 amide bonds. The molecule has 0 unspecified atom stereocenters. The first-order valence-corrected chi connectivity index (χ1v) is 6.16. The first-order valence-electron chi connectivity index (χ1n) is 5.78. The Morgan fingerprint density at radius 3 is 2.50 bits per heavy atom. The number of hydrogen-bond acceptors (Lipinski definition) is 1. The third kappa shape index (κ3) is 2.09. The highest BCUT2D eigenvalue weighted by atomic mass is 35.5. The van der Waals surface area contributed by atoms with Crippen molar-refractivity contribution in [3.63, 3.8) is 0 Å². The highest BCUT2D eigenvalue weighted by Gasteiger charge is 2.31. The summed E-state index contributed by atoms with van der Waals surface area (Å²) >= 11 is 6.00. The maximum Gasteiger partial charge on any atom is 0.125 e. The van der Waals surface area contributed by atoms with Crippen LogP contribution in [0, 0.1) is 12.7 Å². The molecule has 0 radical (unpaired) electrons. The molecule has 0 aromatic heterocycles. The van der Waals surface area contributed by atoms with E-state index >= 15 is 0 Å². The van der Waals surface area contributed by atoms with Crippen molar-refractivity contribution in [2.75, 3.05) is 0 Å². The number of hydrogen-bond donors (Lipinski definition) is 1. The summed E-state index contributed by atoms with van der Waals surface area (Å²) in [6.45, 7) is 1.92. The van der Waals surface area contributed by atoms with Crippen molar-refractivity contribution in [1.29, 1.82) is 0 Å². The van der Waals surface area contributed by atoms with Crippen LogP contribution < -0.4 is 5.73 Å². The smallest absolute Gasteiger partial charge is 0.125 e. The largest absolute Gasteiger partial charge is 0.321 e. The van der Waals surface area contributed by atoms with Gasteiger partial charge in [0.05, 0.1) is 0 Å². The number of halogens is 2. The molecule has 1 nitrogen and oxygen atoms in total. The molecule has 0 atom stereocenters. The van der Waals surface area contributed by atoms with Crippen molar-refractivity contribution in [3.8, 4) is 0 Å². The maximum absolute atomic E-state index is 13.4. The zero-order valence-electron chi connectivity index (χ0n) is 9.52. The molecule has 1 aromatic carbocycles. The molecule has 2 rings (SSSR count). The summed E-state index contributed by atoms with van der Waals surface area (Å²) in [4.78, 5) is 0. The van der Waals surface area contributed by atoms with E-state index in [2.05, 4.69) is 0 Å². The number of benzene rings is 1. The fourth-order valence-electron chi connectivity index (χ4n) is 2.61. The Morgan fingerprint density at radius 2 is 1.88 bits per heavy atom. The molecule has 16 heavy (non-hydrogen) atoms. The van der Waals surface area contributed by atoms with Gasteiger partial charge in [-0.3, -0.25) is 0 Å². The SMILES string of the molecule is Cc1c(Cl)cc(F)cc1C1(N)CCCCC1. The lowest BCUT2D eigenvalue weighted by Crippen LogP contribution is -2.39. The molecular weight excluding hydrogens is 225 g/mol. The Bertz CT molecular complexity index is 397. The van der Waals surface area contributed by atoms with Gasteiger partial charge in [0.1, 0.15) is 5.82 Å². The van der Waals surface area contributed by atoms with Crippen LogP contribution in [0.4, 0.5) is 4.39 Å². The fourth-order valence-corrected chi connectivity index (χ4v) is 2.82. The second-order valence-corrected chi connectivity index (χ2v) is 5.18. The van der Waals surface area contributed by atoms with Gasteiger partial charge in [0.25, 0.3) is 0 Å². The Morgan fingerprint density at radius 1 is 1.25 bits per heavy atom. The van der Waals surface area contributed by atoms with Gasteiger partial charge in [-0.1, -0.05) is 30.9 Å². The fraction of sp³-hybridized carbons (Fsp3) is 0.538. The van der Waals surface area contributed by atoms with E-state index in [0.717, 1.165) is 36.8 Å². The molecule has 0 bridgehead atoms. The van der Waals surface area contributed by atoms with Crippen LogP contribution in [0.15, 0.2) is 12.1 Å². The van der Waals surface area contributed by atoms with E-state index in [1.54, 1.807) is 6.07 Å². The van der Waals surface area contributed by atoms with Gasteiger partial charge >= 0.3 is 0 Å². The van der Waals surface area contributed by atoms with E-state index in [1.807, 2.05) is 6.92 Å². The van der Waals surface area contributed by atoms with E-state index < -0.39 is 0 Å². The predicted molar refractivity (Wildman–Crippen MR) is 65.1 cm³/mol. The van der Waals surface area contributed by atoms with Gasteiger partial charge in [-0.15, -0.1) is 0 Å². The minimum Gasteiger partial charge on any atom is -0.321 e. The topological polar surface area (TPSA) is 26.0 Å². The van der Waals surface area contributed by atoms with Gasteiger partial charge in [0.15, 0.2) is 0 Å². The molecule has 0 heterocycles. The molecule has 3 heteroatoms. The summed E-state index contributed by atoms with van der Waals surface area (Å²) in [7, 11) is 0. The van der Waals surface area contributed by atoms with Crippen molar-refractivity contribution >= 4 is 11.6 Å². The van der Waals surface area contributed by atoms with Crippen LogP contribution in [0.5, 0.6) is 0 Å². The highest BCUT2D eigenvalue weighted by molar-refractivity contribution is 6.31. The van der Waals surface area contributed by atoms with E-state index in [0.29, 0.717) is 5.02 Å². The Kier molecular flexibility index (Phi) is 3.22. The first kappa shape index (κ1) is 11.9. The Balaban J connectivity index is 2.45. The monoisotopic (exact) mass is 241 g/mol. The second kappa shape index (κ2) is 4.34. The van der Waals surface area contributed by atoms with Crippen molar-refractivity contribution in [3.05, 3.63) is 34.1 Å². The summed E-state index contributed by atoms with van der Waals surface area (Å²) in [6.07, 6.45) is 5.30. The zero-order chi connectivity index (χ0) is 11.8. The molecule has 1 saturated carbocycles. The van der Waals surface area contributed by atoms with E-state index in [1.165, 1.54) is 12.5 Å². The Labute approximate surface area is 101 Å². The Hall–Kier alpha value is -0.600. The van der Waals surface area contributed by atoms with Crippen LogP contribution in [-0.4, -0.2) is 0 Å². The third-order valence-corrected chi connectivity index (χ3v) is 3.98. The van der Waals surface area contributed by atoms with Crippen LogP contribution in [0.2, 0.25) is 5.02 Å². The summed E-state index contributed by atoms with van der Waals surface area (Å²) in [6, 6.07) is 2.90. The molecular formula is C13H17ClFN. The summed E-state index contributed by atoms with van der Waals surface area (Å²) < 4.78 is 13.4. The van der Waals surface area contributed by atoms with Gasteiger partial charge in [-0.05, 0) is 43.0 Å². The first-order chi connectivity index (χ1) is 7.53. The van der Waals surface area contributed by atoms with Crippen LogP contribution in [-0.2, 0) is 5.54 Å². The molecule has 88 valence electrons. The molecule has 1 aliphatic carbocycles. The molecule has 1 fully saturated rings. The van der Waals surface area contributed by atoms with Crippen LogP contribution in [0.25, 0.3) is 0 Å². The molecule has 0 aliphatic heterocycles. The van der Waals surface area contributed by atoms with Crippen molar-refractivity contribution in [1.82, 2.24) is 0 Å². The molecule has 0 spiro atoms. The molecule has 1 aromatic rings. The average molecular weight is 242 g/mol. The van der Waals surface area contributed by atoms with Gasteiger partial charge < -0.3 is 5.73 Å². The summed E-state index contributed by atoms with van der Waals surface area (Å²) in [5.41, 5.74) is 7.82. The van der Waals surface area contributed by atoms with Crippen molar-refractivity contribution in [2.24, 2.45) is 5.73 Å². The van der Waals surface area contributed by atoms with E-state index in [-0.39, 0.29) is 11.4 Å². The third-order valence-electron chi connectivity index (χ3n) is 3.59. The lowest BCUT2D eigenvalue weighted by Gasteiger charge is -2.35. The van der Waals surface area contributed by atoms with Gasteiger partial charge in [-0.2, -0.15) is 0 Å². The van der Waals surface area contributed by atoms with E-state index in [9.17, 15) is 4.39 Å². The summed E-state index contributed by atoms with van der Waals surface area (Å²) in [5.74, 6) is -0.291. The van der Waals surface area contributed by atoms with Crippen molar-refractivity contribution in [2.45, 2.75) is 44.6 Å². The lowest BCUT2D eigenvalue weighted by atomic mass is 9.76. The normalized spacial score (nSPS) is 19.8. The van der Waals surface area contributed by atoms with Crippen molar-refractivity contribution < 1.29 is 4.39 Å². The highest BCUT2D eigenvalue weighted by Crippen LogP contribution is 2.38. The molecule has 1 aliphatic rings. The minimum atomic E-state index is -0.381. The average Bonchev–Trinajstić information content (AvgIpc) is 2.24. The summed E-state index contributed by atoms with van der Waals surface area (Å²) in [5, 5.41) is 0.477. The van der Waals surface area contributed by atoms with Crippen LogP contribution in [0.3, 0.4) is 0 Å². The maximum atomic E-state index is 13.4. The molecule has 2 N–H and O–H groups in total. The van der Waals surface area contributed by atoms with Gasteiger partial charge in [-0.25, -0.2) is 4.39 Å². The van der Waals surface area contributed by atoms with Crippen LogP contribution >= 0.6 is 11.6 Å². The zero-order valence-corrected chi connectivity index (χ0v) is 10.3. The minimum absolute atomic E-state index is 0.291. The number of nitrogens with two attached hydrogens (primary N) is 1. The number of rotatable bonds is 1. The van der Waals surface area contributed by atoms with Gasteiger partial charge in [0.2, 0.25) is 0 Å².